The van der Waals surface area contributed by atoms with Crippen LogP contribution < -0.4 is 14.1 Å². The Balaban J connectivity index is 1.52. The Morgan fingerprint density at radius 3 is 2.04 bits per heavy atom. The second kappa shape index (κ2) is 13.1. The zero-order valence-electron chi connectivity index (χ0n) is 26.1. The zero-order chi connectivity index (χ0) is 32.5. The standard InChI is InChI=1S/C36H39NO7S2/c1-25(2)37(45(39,40)29-16-7-5-8-17-29)28-15-13-14-27(24-28)33(26-22-23-26)34-35(44-46(41,42)30-18-9-6-10-19-30)31-20-11-3-4-12-21-32(31)43-36(34)38/h5-10,13-19,24-26,33H,3-4,11-12,20-23H2,1-2H3. The lowest BCUT2D eigenvalue weighted by Gasteiger charge is -2.29. The van der Waals surface area contributed by atoms with Gasteiger partial charge >= 0.3 is 15.7 Å². The molecule has 46 heavy (non-hydrogen) atoms. The number of hydrogen-bond donors (Lipinski definition) is 0. The molecule has 0 N–H and O–H groups in total. The lowest BCUT2D eigenvalue weighted by Crippen LogP contribution is -2.37. The molecule has 1 saturated carbocycles. The molecule has 1 aromatic heterocycles. The Labute approximate surface area is 271 Å². The molecule has 6 rings (SSSR count). The van der Waals surface area contributed by atoms with Crippen molar-refractivity contribution < 1.29 is 25.4 Å². The SMILES string of the molecule is CC(C)N(c1cccc(C(c2c(OS(=O)(=O)c3ccccc3)c3c(oc2=O)CCCCCC3)C2CC2)c1)S(=O)(=O)c1ccccc1. The molecular formula is C36H39NO7S2. The van der Waals surface area contributed by atoms with E-state index >= 15 is 0 Å². The van der Waals surface area contributed by atoms with Crippen molar-refractivity contribution in [2.45, 2.75) is 87.0 Å². The van der Waals surface area contributed by atoms with Gasteiger partial charge in [-0.1, -0.05) is 61.4 Å². The average molecular weight is 662 g/mol. The van der Waals surface area contributed by atoms with Crippen LogP contribution in [0.2, 0.25) is 0 Å². The van der Waals surface area contributed by atoms with E-state index in [1.165, 1.54) is 16.4 Å². The summed E-state index contributed by atoms with van der Waals surface area (Å²) in [4.78, 5) is 14.2. The van der Waals surface area contributed by atoms with Gasteiger partial charge in [0, 0.05) is 23.9 Å². The number of sulfonamides is 1. The summed E-state index contributed by atoms with van der Waals surface area (Å²) < 4.78 is 68.5. The van der Waals surface area contributed by atoms with Gasteiger partial charge < -0.3 is 8.60 Å². The highest BCUT2D eigenvalue weighted by Crippen LogP contribution is 2.50. The van der Waals surface area contributed by atoms with Gasteiger partial charge in [0.15, 0.2) is 5.75 Å². The van der Waals surface area contributed by atoms with Crippen LogP contribution in [0.15, 0.2) is 104 Å². The Bertz CT molecular complexity index is 1970. The molecule has 1 fully saturated rings. The van der Waals surface area contributed by atoms with Crippen molar-refractivity contribution in [1.82, 2.24) is 0 Å². The molecule has 2 aliphatic rings. The summed E-state index contributed by atoms with van der Waals surface area (Å²) in [5.41, 5.74) is 1.36. The van der Waals surface area contributed by atoms with Gasteiger partial charge in [0.2, 0.25) is 0 Å². The Hall–Kier alpha value is -3.89. The van der Waals surface area contributed by atoms with E-state index in [4.69, 9.17) is 8.60 Å². The molecule has 1 atom stereocenters. The molecule has 0 aliphatic heterocycles. The first-order chi connectivity index (χ1) is 22.1. The summed E-state index contributed by atoms with van der Waals surface area (Å²) in [7, 11) is -8.19. The maximum absolute atomic E-state index is 14.0. The zero-order valence-corrected chi connectivity index (χ0v) is 27.7. The van der Waals surface area contributed by atoms with Crippen LogP contribution in [0.4, 0.5) is 5.69 Å². The second-order valence-corrected chi connectivity index (χ2v) is 15.8. The van der Waals surface area contributed by atoms with Gasteiger partial charge in [-0.2, -0.15) is 8.42 Å². The molecule has 0 bridgehead atoms. The van der Waals surface area contributed by atoms with E-state index in [-0.39, 0.29) is 27.0 Å². The number of fused-ring (bicyclic) bond motifs is 1. The molecule has 1 heterocycles. The number of anilines is 1. The Morgan fingerprint density at radius 2 is 1.41 bits per heavy atom. The van der Waals surface area contributed by atoms with Crippen LogP contribution in [-0.2, 0) is 33.0 Å². The molecule has 1 unspecified atom stereocenters. The predicted molar refractivity (Wildman–Crippen MR) is 177 cm³/mol. The second-order valence-electron chi connectivity index (χ2n) is 12.4. The fraction of sp³-hybridized carbons (Fsp3) is 0.361. The lowest BCUT2D eigenvalue weighted by molar-refractivity contribution is 0.399. The summed E-state index contributed by atoms with van der Waals surface area (Å²) >= 11 is 0. The molecule has 0 saturated heterocycles. The predicted octanol–water partition coefficient (Wildman–Crippen LogP) is 7.21. The molecule has 0 radical (unpaired) electrons. The van der Waals surface area contributed by atoms with Crippen molar-refractivity contribution in [3.63, 3.8) is 0 Å². The third-order valence-electron chi connectivity index (χ3n) is 8.75. The largest absolute Gasteiger partial charge is 0.427 e. The van der Waals surface area contributed by atoms with Gasteiger partial charge in [-0.05, 0) is 93.8 Å². The summed E-state index contributed by atoms with van der Waals surface area (Å²) in [6.07, 6.45) is 6.32. The number of nitrogens with zero attached hydrogens (tertiary/aromatic N) is 1. The summed E-state index contributed by atoms with van der Waals surface area (Å²) in [6, 6.07) is 23.0. The van der Waals surface area contributed by atoms with Gasteiger partial charge in [0.1, 0.15) is 10.7 Å². The van der Waals surface area contributed by atoms with Crippen LogP contribution in [0.5, 0.6) is 5.75 Å². The van der Waals surface area contributed by atoms with Crippen LogP contribution in [0.25, 0.3) is 0 Å². The molecule has 10 heteroatoms. The highest BCUT2D eigenvalue weighted by atomic mass is 32.2. The van der Waals surface area contributed by atoms with E-state index < -0.39 is 37.7 Å². The highest BCUT2D eigenvalue weighted by Gasteiger charge is 2.40. The molecule has 3 aromatic carbocycles. The van der Waals surface area contributed by atoms with Crippen LogP contribution >= 0.6 is 0 Å². The fourth-order valence-corrected chi connectivity index (χ4v) is 9.17. The highest BCUT2D eigenvalue weighted by molar-refractivity contribution is 7.92. The Morgan fingerprint density at radius 1 is 0.783 bits per heavy atom. The van der Waals surface area contributed by atoms with Crippen LogP contribution in [-0.4, -0.2) is 22.9 Å². The molecule has 242 valence electrons. The van der Waals surface area contributed by atoms with Gasteiger partial charge in [0.25, 0.3) is 10.0 Å². The minimum absolute atomic E-state index is 0.00236. The summed E-state index contributed by atoms with van der Waals surface area (Å²) in [6.45, 7) is 3.63. The molecule has 0 spiro atoms. The number of hydrogen-bond acceptors (Lipinski definition) is 7. The number of aryl methyl sites for hydroxylation is 1. The third-order valence-corrected chi connectivity index (χ3v) is 12.0. The maximum atomic E-state index is 14.0. The van der Waals surface area contributed by atoms with Crippen molar-refractivity contribution in [2.75, 3.05) is 4.31 Å². The normalized spacial score (nSPS) is 16.2. The molecule has 2 aliphatic carbocycles. The van der Waals surface area contributed by atoms with Crippen molar-refractivity contribution in [3.05, 3.63) is 118 Å². The molecular weight excluding hydrogens is 623 g/mol. The first-order valence-electron chi connectivity index (χ1n) is 16.0. The van der Waals surface area contributed by atoms with Crippen molar-refractivity contribution in [1.29, 1.82) is 0 Å². The smallest absolute Gasteiger partial charge is 0.343 e. The van der Waals surface area contributed by atoms with E-state index in [0.29, 0.717) is 35.4 Å². The topological polar surface area (TPSA) is 111 Å². The van der Waals surface area contributed by atoms with Crippen molar-refractivity contribution >= 4 is 25.8 Å². The van der Waals surface area contributed by atoms with Gasteiger partial charge in [0.05, 0.1) is 16.1 Å². The van der Waals surface area contributed by atoms with Crippen LogP contribution in [0, 0.1) is 5.92 Å². The number of benzene rings is 3. The van der Waals surface area contributed by atoms with Crippen molar-refractivity contribution in [2.24, 2.45) is 5.92 Å². The van der Waals surface area contributed by atoms with Crippen LogP contribution in [0.1, 0.15) is 80.7 Å². The molecule has 4 aromatic rings. The average Bonchev–Trinajstić information content (AvgIpc) is 3.86. The van der Waals surface area contributed by atoms with E-state index in [2.05, 4.69) is 0 Å². The van der Waals surface area contributed by atoms with Gasteiger partial charge in [-0.15, -0.1) is 0 Å². The summed E-state index contributed by atoms with van der Waals surface area (Å²) in [5, 5.41) is 0. The number of rotatable bonds is 10. The molecule has 0 amide bonds. The molecule has 8 nitrogen and oxygen atoms in total. The minimum atomic E-state index is -4.28. The third kappa shape index (κ3) is 6.51. The lowest BCUT2D eigenvalue weighted by atomic mass is 9.85. The van der Waals surface area contributed by atoms with Crippen molar-refractivity contribution in [3.8, 4) is 5.75 Å². The van der Waals surface area contributed by atoms with Gasteiger partial charge in [-0.25, -0.2) is 13.2 Å². The maximum Gasteiger partial charge on any atom is 0.343 e. The van der Waals surface area contributed by atoms with E-state index in [1.807, 2.05) is 19.9 Å². The quantitative estimate of drug-likeness (QED) is 0.165. The van der Waals surface area contributed by atoms with Crippen LogP contribution in [0.3, 0.4) is 0 Å². The fourth-order valence-electron chi connectivity index (χ4n) is 6.49. The monoisotopic (exact) mass is 661 g/mol. The first-order valence-corrected chi connectivity index (χ1v) is 18.8. The Kier molecular flexibility index (Phi) is 9.12. The van der Waals surface area contributed by atoms with E-state index in [1.54, 1.807) is 66.7 Å². The first kappa shape index (κ1) is 32.1. The van der Waals surface area contributed by atoms with Gasteiger partial charge in [-0.3, -0.25) is 4.31 Å². The minimum Gasteiger partial charge on any atom is -0.427 e. The summed E-state index contributed by atoms with van der Waals surface area (Å²) in [5.74, 6) is 0.0259. The van der Waals surface area contributed by atoms with E-state index in [0.717, 1.165) is 38.5 Å². The van der Waals surface area contributed by atoms with E-state index in [9.17, 15) is 21.6 Å².